The quantitative estimate of drug-likeness (QED) is 0.918. The molecule has 21 heavy (non-hydrogen) atoms. The van der Waals surface area contributed by atoms with Crippen molar-refractivity contribution in [1.29, 1.82) is 0 Å². The number of nitrogens with one attached hydrogen (secondary N) is 1. The van der Waals surface area contributed by atoms with E-state index in [-0.39, 0.29) is 11.9 Å². The summed E-state index contributed by atoms with van der Waals surface area (Å²) in [6, 6.07) is 16.8. The molecule has 0 spiro atoms. The zero-order chi connectivity index (χ0) is 14.5. The van der Waals surface area contributed by atoms with Crippen molar-refractivity contribution in [1.82, 2.24) is 5.32 Å². The van der Waals surface area contributed by atoms with Crippen LogP contribution >= 0.6 is 0 Å². The minimum Gasteiger partial charge on any atom is -0.482 e. The molecule has 1 heterocycles. The number of ether oxygens (including phenoxy) is 1. The van der Waals surface area contributed by atoms with Crippen LogP contribution in [0, 0.1) is 11.7 Å². The number of hydrogen-bond donors (Lipinski definition) is 1. The molecule has 1 saturated heterocycles. The van der Waals surface area contributed by atoms with E-state index in [0.717, 1.165) is 31.5 Å². The second kappa shape index (κ2) is 6.72. The van der Waals surface area contributed by atoms with E-state index in [0.29, 0.717) is 11.7 Å². The molecule has 2 aromatic rings. The number of benzene rings is 2. The number of para-hydroxylation sites is 1. The van der Waals surface area contributed by atoms with Crippen molar-refractivity contribution in [2.75, 3.05) is 13.1 Å². The van der Waals surface area contributed by atoms with Gasteiger partial charge in [0.1, 0.15) is 6.10 Å². The summed E-state index contributed by atoms with van der Waals surface area (Å²) in [4.78, 5) is 0. The second-order valence-corrected chi connectivity index (χ2v) is 5.47. The molecule has 0 unspecified atom stereocenters. The van der Waals surface area contributed by atoms with Gasteiger partial charge in [0.05, 0.1) is 0 Å². The predicted octanol–water partition coefficient (Wildman–Crippen LogP) is 3.95. The van der Waals surface area contributed by atoms with E-state index in [9.17, 15) is 4.39 Å². The minimum absolute atomic E-state index is 0.0924. The third-order valence-electron chi connectivity index (χ3n) is 4.03. The zero-order valence-corrected chi connectivity index (χ0v) is 12.0. The average molecular weight is 285 g/mol. The Morgan fingerprint density at radius 2 is 1.62 bits per heavy atom. The van der Waals surface area contributed by atoms with Crippen LogP contribution in [-0.2, 0) is 0 Å². The van der Waals surface area contributed by atoms with Crippen molar-refractivity contribution in [2.45, 2.75) is 18.9 Å². The van der Waals surface area contributed by atoms with Crippen molar-refractivity contribution in [3.8, 4) is 5.75 Å². The maximum absolute atomic E-state index is 13.9. The summed E-state index contributed by atoms with van der Waals surface area (Å²) < 4.78 is 20.0. The summed E-state index contributed by atoms with van der Waals surface area (Å²) in [6.07, 6.45) is 2.01. The molecule has 1 atom stereocenters. The topological polar surface area (TPSA) is 21.3 Å². The third-order valence-corrected chi connectivity index (χ3v) is 4.03. The van der Waals surface area contributed by atoms with Gasteiger partial charge in [0.25, 0.3) is 0 Å². The minimum atomic E-state index is -0.299. The smallest absolute Gasteiger partial charge is 0.165 e. The third kappa shape index (κ3) is 3.42. The van der Waals surface area contributed by atoms with E-state index in [1.54, 1.807) is 12.1 Å². The molecule has 0 bridgehead atoms. The van der Waals surface area contributed by atoms with Crippen LogP contribution < -0.4 is 10.1 Å². The van der Waals surface area contributed by atoms with Crippen molar-refractivity contribution >= 4 is 0 Å². The van der Waals surface area contributed by atoms with Crippen molar-refractivity contribution < 1.29 is 9.13 Å². The second-order valence-electron chi connectivity index (χ2n) is 5.47. The van der Waals surface area contributed by atoms with E-state index < -0.39 is 0 Å². The first-order valence-corrected chi connectivity index (χ1v) is 7.51. The predicted molar refractivity (Wildman–Crippen MR) is 81.8 cm³/mol. The molecule has 1 fully saturated rings. The van der Waals surface area contributed by atoms with Gasteiger partial charge in [-0.15, -0.1) is 0 Å². The summed E-state index contributed by atoms with van der Waals surface area (Å²) in [5.41, 5.74) is 1.12. The van der Waals surface area contributed by atoms with E-state index in [2.05, 4.69) is 17.4 Å². The molecule has 0 aromatic heterocycles. The van der Waals surface area contributed by atoms with Gasteiger partial charge in [-0.25, -0.2) is 4.39 Å². The highest BCUT2D eigenvalue weighted by Gasteiger charge is 2.27. The Morgan fingerprint density at radius 3 is 2.33 bits per heavy atom. The van der Waals surface area contributed by atoms with Crippen molar-refractivity contribution in [2.24, 2.45) is 5.92 Å². The number of halogens is 1. The molecule has 0 saturated carbocycles. The summed E-state index contributed by atoms with van der Waals surface area (Å²) in [6.45, 7) is 1.99. The van der Waals surface area contributed by atoms with Gasteiger partial charge in [-0.2, -0.15) is 0 Å². The number of piperidine rings is 1. The Morgan fingerprint density at radius 1 is 0.952 bits per heavy atom. The summed E-state index contributed by atoms with van der Waals surface area (Å²) >= 11 is 0. The lowest BCUT2D eigenvalue weighted by atomic mass is 9.88. The summed E-state index contributed by atoms with van der Waals surface area (Å²) in [5.74, 6) is 0.450. The maximum Gasteiger partial charge on any atom is 0.165 e. The van der Waals surface area contributed by atoms with Gasteiger partial charge in [0.2, 0.25) is 0 Å². The fourth-order valence-electron chi connectivity index (χ4n) is 2.90. The summed E-state index contributed by atoms with van der Waals surface area (Å²) in [5, 5.41) is 3.37. The van der Waals surface area contributed by atoms with Crippen LogP contribution in [0.5, 0.6) is 5.75 Å². The lowest BCUT2D eigenvalue weighted by molar-refractivity contribution is 0.108. The van der Waals surface area contributed by atoms with Crippen LogP contribution in [0.25, 0.3) is 0 Å². The SMILES string of the molecule is Fc1ccccc1O[C@@H](c1ccccc1)C1CCNCC1. The molecule has 0 aliphatic carbocycles. The van der Waals surface area contributed by atoms with Gasteiger partial charge in [-0.3, -0.25) is 0 Å². The van der Waals surface area contributed by atoms with Crippen LogP contribution in [-0.4, -0.2) is 13.1 Å². The van der Waals surface area contributed by atoms with Crippen molar-refractivity contribution in [3.05, 3.63) is 66.0 Å². The molecule has 1 aliphatic heterocycles. The zero-order valence-electron chi connectivity index (χ0n) is 12.0. The molecule has 3 rings (SSSR count). The normalized spacial score (nSPS) is 17.4. The molecule has 1 aliphatic rings. The van der Waals surface area contributed by atoms with Gasteiger partial charge >= 0.3 is 0 Å². The van der Waals surface area contributed by atoms with Crippen LogP contribution in [0.3, 0.4) is 0 Å². The molecule has 2 aromatic carbocycles. The maximum atomic E-state index is 13.9. The van der Waals surface area contributed by atoms with E-state index >= 15 is 0 Å². The molecular weight excluding hydrogens is 265 g/mol. The van der Waals surface area contributed by atoms with Gasteiger partial charge in [0, 0.05) is 5.92 Å². The lowest BCUT2D eigenvalue weighted by Gasteiger charge is -2.31. The van der Waals surface area contributed by atoms with Gasteiger partial charge in [-0.05, 0) is 43.6 Å². The molecule has 0 amide bonds. The van der Waals surface area contributed by atoms with Gasteiger partial charge < -0.3 is 10.1 Å². The van der Waals surface area contributed by atoms with Crippen LogP contribution in [0.2, 0.25) is 0 Å². The Balaban J connectivity index is 1.87. The summed E-state index contributed by atoms with van der Waals surface area (Å²) in [7, 11) is 0. The highest BCUT2D eigenvalue weighted by molar-refractivity contribution is 5.26. The first-order valence-electron chi connectivity index (χ1n) is 7.51. The van der Waals surface area contributed by atoms with Crippen LogP contribution in [0.4, 0.5) is 4.39 Å². The van der Waals surface area contributed by atoms with Crippen molar-refractivity contribution in [3.63, 3.8) is 0 Å². The van der Waals surface area contributed by atoms with Gasteiger partial charge in [0.15, 0.2) is 11.6 Å². The fraction of sp³-hybridized carbons (Fsp3) is 0.333. The molecule has 3 heteroatoms. The fourth-order valence-corrected chi connectivity index (χ4v) is 2.90. The molecule has 1 N–H and O–H groups in total. The average Bonchev–Trinajstić information content (AvgIpc) is 2.56. The van der Waals surface area contributed by atoms with E-state index in [1.807, 2.05) is 24.3 Å². The highest BCUT2D eigenvalue weighted by Crippen LogP contribution is 2.34. The molecular formula is C18H20FNO. The molecule has 0 radical (unpaired) electrons. The van der Waals surface area contributed by atoms with E-state index in [1.165, 1.54) is 6.07 Å². The number of rotatable bonds is 4. The molecule has 110 valence electrons. The highest BCUT2D eigenvalue weighted by atomic mass is 19.1. The van der Waals surface area contributed by atoms with E-state index in [4.69, 9.17) is 4.74 Å². The first-order chi connectivity index (χ1) is 10.3. The monoisotopic (exact) mass is 285 g/mol. The van der Waals surface area contributed by atoms with Crippen LogP contribution in [0.15, 0.2) is 54.6 Å². The Labute approximate surface area is 125 Å². The largest absolute Gasteiger partial charge is 0.482 e. The standard InChI is InChI=1S/C18H20FNO/c19-16-8-4-5-9-17(16)21-18(14-6-2-1-3-7-14)15-10-12-20-13-11-15/h1-9,15,18,20H,10-13H2/t18-/m0/s1. The Hall–Kier alpha value is -1.87. The molecule has 2 nitrogen and oxygen atoms in total. The first kappa shape index (κ1) is 14.1. The van der Waals surface area contributed by atoms with Gasteiger partial charge in [-0.1, -0.05) is 42.5 Å². The van der Waals surface area contributed by atoms with Crippen LogP contribution in [0.1, 0.15) is 24.5 Å². The number of hydrogen-bond acceptors (Lipinski definition) is 2. The Kier molecular flexibility index (Phi) is 4.51. The Bertz CT molecular complexity index is 566. The lowest BCUT2D eigenvalue weighted by Crippen LogP contribution is -2.32.